The molecule has 1 saturated carbocycles. The Labute approximate surface area is 186 Å². The molecule has 2 N–H and O–H groups in total. The highest BCUT2D eigenvalue weighted by atomic mass is 32.2. The predicted octanol–water partition coefficient (Wildman–Crippen LogP) is 4.40. The Morgan fingerprint density at radius 1 is 1.09 bits per heavy atom. The first-order valence-electron chi connectivity index (χ1n) is 10.4. The smallest absolute Gasteiger partial charge is 0.294 e. The standard InChI is InChI=1S/C24H18N4O3S/c29-23(25-13-9-10-13)16-11-20(26-17-7-3-1-5-14(16)17)32-12-19-27-21-15-6-2-4-8-18(15)31-22(21)24(30)28-19/h1-8,11,13H,9-10,12H2,(H,25,29)(H,27,28,30). The van der Waals surface area contributed by atoms with Crippen molar-refractivity contribution in [2.24, 2.45) is 0 Å². The average molecular weight is 443 g/mol. The van der Waals surface area contributed by atoms with Crippen LogP contribution in [0.5, 0.6) is 0 Å². The molecule has 0 radical (unpaired) electrons. The number of hydrogen-bond acceptors (Lipinski definition) is 6. The van der Waals surface area contributed by atoms with Crippen LogP contribution in [0.1, 0.15) is 29.0 Å². The first kappa shape index (κ1) is 19.1. The molecule has 0 unspecified atom stereocenters. The molecule has 1 amide bonds. The second-order valence-electron chi connectivity index (χ2n) is 7.85. The molecule has 32 heavy (non-hydrogen) atoms. The Hall–Kier alpha value is -3.65. The average Bonchev–Trinajstić information content (AvgIpc) is 3.55. The lowest BCUT2D eigenvalue weighted by Gasteiger charge is -2.10. The zero-order chi connectivity index (χ0) is 21.7. The molecule has 1 fully saturated rings. The van der Waals surface area contributed by atoms with E-state index in [2.05, 4.69) is 15.3 Å². The Bertz CT molecular complexity index is 1570. The molecule has 1 aliphatic carbocycles. The summed E-state index contributed by atoms with van der Waals surface area (Å²) in [5.74, 6) is 0.850. The summed E-state index contributed by atoms with van der Waals surface area (Å²) in [6.45, 7) is 0. The minimum Gasteiger partial charge on any atom is -0.449 e. The molecule has 7 nitrogen and oxygen atoms in total. The van der Waals surface area contributed by atoms with Crippen LogP contribution < -0.4 is 10.9 Å². The van der Waals surface area contributed by atoms with Gasteiger partial charge in [0.2, 0.25) is 5.58 Å². The highest BCUT2D eigenvalue weighted by Gasteiger charge is 2.25. The van der Waals surface area contributed by atoms with E-state index in [4.69, 9.17) is 9.40 Å². The fraction of sp³-hybridized carbons (Fsp3) is 0.167. The van der Waals surface area contributed by atoms with Crippen molar-refractivity contribution in [1.29, 1.82) is 0 Å². The number of fused-ring (bicyclic) bond motifs is 4. The van der Waals surface area contributed by atoms with Crippen LogP contribution in [0.4, 0.5) is 0 Å². The summed E-state index contributed by atoms with van der Waals surface area (Å²) in [5, 5.41) is 5.39. The zero-order valence-electron chi connectivity index (χ0n) is 16.9. The Morgan fingerprint density at radius 3 is 2.72 bits per heavy atom. The van der Waals surface area contributed by atoms with Gasteiger partial charge in [-0.3, -0.25) is 9.59 Å². The third-order valence-electron chi connectivity index (χ3n) is 5.49. The first-order chi connectivity index (χ1) is 15.7. The molecule has 0 atom stereocenters. The minimum absolute atomic E-state index is 0.0780. The molecule has 1 aliphatic rings. The molecule has 0 saturated heterocycles. The number of nitrogens with one attached hydrogen (secondary N) is 2. The molecule has 6 rings (SSSR count). The molecule has 2 aromatic carbocycles. The number of para-hydroxylation sites is 2. The summed E-state index contributed by atoms with van der Waals surface area (Å²) >= 11 is 1.43. The van der Waals surface area contributed by atoms with Crippen LogP contribution >= 0.6 is 11.8 Å². The van der Waals surface area contributed by atoms with E-state index >= 15 is 0 Å². The number of carbonyl (C=O) groups is 1. The maximum Gasteiger partial charge on any atom is 0.294 e. The minimum atomic E-state index is -0.308. The predicted molar refractivity (Wildman–Crippen MR) is 124 cm³/mol. The van der Waals surface area contributed by atoms with E-state index < -0.39 is 0 Å². The van der Waals surface area contributed by atoms with Gasteiger partial charge in [-0.05, 0) is 37.1 Å². The van der Waals surface area contributed by atoms with Gasteiger partial charge in [-0.15, -0.1) is 0 Å². The van der Waals surface area contributed by atoms with Gasteiger partial charge in [-0.1, -0.05) is 42.1 Å². The van der Waals surface area contributed by atoms with E-state index in [0.29, 0.717) is 33.3 Å². The van der Waals surface area contributed by atoms with Gasteiger partial charge in [0.1, 0.15) is 16.9 Å². The monoisotopic (exact) mass is 442 g/mol. The van der Waals surface area contributed by atoms with Crippen LogP contribution in [0.3, 0.4) is 0 Å². The van der Waals surface area contributed by atoms with E-state index in [-0.39, 0.29) is 23.1 Å². The normalized spacial score (nSPS) is 13.8. The molecular weight excluding hydrogens is 424 g/mol. The van der Waals surface area contributed by atoms with Gasteiger partial charge in [0.05, 0.1) is 21.9 Å². The fourth-order valence-electron chi connectivity index (χ4n) is 3.76. The summed E-state index contributed by atoms with van der Waals surface area (Å²) < 4.78 is 5.66. The molecule has 0 bridgehead atoms. The summed E-state index contributed by atoms with van der Waals surface area (Å²) in [7, 11) is 0. The topological polar surface area (TPSA) is 101 Å². The molecule has 8 heteroatoms. The van der Waals surface area contributed by atoms with Crippen LogP contribution in [0.2, 0.25) is 0 Å². The summed E-state index contributed by atoms with van der Waals surface area (Å²) in [5.41, 5.74) is 2.48. The number of pyridine rings is 1. The number of rotatable bonds is 5. The number of H-pyrrole nitrogens is 1. The SMILES string of the molecule is O=C(NC1CC1)c1cc(SCc2nc3c(oc4ccccc43)c(=O)[nH]2)nc2ccccc12. The summed E-state index contributed by atoms with van der Waals surface area (Å²) in [6, 6.07) is 17.2. The lowest BCUT2D eigenvalue weighted by atomic mass is 10.1. The van der Waals surface area contributed by atoms with Crippen LogP contribution in [0.15, 0.2) is 68.8 Å². The lowest BCUT2D eigenvalue weighted by molar-refractivity contribution is 0.0952. The van der Waals surface area contributed by atoms with E-state index in [9.17, 15) is 9.59 Å². The van der Waals surface area contributed by atoms with Crippen LogP contribution in [-0.4, -0.2) is 26.9 Å². The van der Waals surface area contributed by atoms with Crippen LogP contribution in [0.25, 0.3) is 33.0 Å². The summed E-state index contributed by atoms with van der Waals surface area (Å²) in [4.78, 5) is 37.5. The third-order valence-corrected chi connectivity index (χ3v) is 6.41. The van der Waals surface area contributed by atoms with Crippen molar-refractivity contribution < 1.29 is 9.21 Å². The molecule has 0 aliphatic heterocycles. The van der Waals surface area contributed by atoms with Gasteiger partial charge in [-0.2, -0.15) is 0 Å². The number of benzene rings is 2. The van der Waals surface area contributed by atoms with Crippen molar-refractivity contribution in [3.8, 4) is 0 Å². The number of thioether (sulfide) groups is 1. The summed E-state index contributed by atoms with van der Waals surface area (Å²) in [6.07, 6.45) is 2.06. The second kappa shape index (κ2) is 7.49. The van der Waals surface area contributed by atoms with Gasteiger partial charge in [0.25, 0.3) is 11.5 Å². The van der Waals surface area contributed by atoms with Crippen molar-refractivity contribution in [2.45, 2.75) is 29.7 Å². The van der Waals surface area contributed by atoms with Crippen molar-refractivity contribution in [3.63, 3.8) is 0 Å². The fourth-order valence-corrected chi connectivity index (χ4v) is 4.55. The molecular formula is C24H18N4O3S. The Balaban J connectivity index is 1.34. The van der Waals surface area contributed by atoms with Gasteiger partial charge < -0.3 is 14.7 Å². The zero-order valence-corrected chi connectivity index (χ0v) is 17.7. The van der Waals surface area contributed by atoms with Crippen molar-refractivity contribution in [3.05, 3.63) is 76.3 Å². The van der Waals surface area contributed by atoms with E-state index in [1.165, 1.54) is 11.8 Å². The molecule has 3 heterocycles. The number of furan rings is 1. The third kappa shape index (κ3) is 3.42. The van der Waals surface area contributed by atoms with Crippen molar-refractivity contribution in [1.82, 2.24) is 20.3 Å². The van der Waals surface area contributed by atoms with Crippen molar-refractivity contribution >= 4 is 50.6 Å². The number of aromatic nitrogens is 3. The highest BCUT2D eigenvalue weighted by Crippen LogP contribution is 2.29. The number of amides is 1. The Kier molecular flexibility index (Phi) is 4.46. The number of aromatic amines is 1. The second-order valence-corrected chi connectivity index (χ2v) is 8.85. The van der Waals surface area contributed by atoms with Gasteiger partial charge in [0.15, 0.2) is 0 Å². The maximum absolute atomic E-state index is 12.8. The first-order valence-corrected chi connectivity index (χ1v) is 11.4. The van der Waals surface area contributed by atoms with E-state index in [1.807, 2.05) is 54.6 Å². The van der Waals surface area contributed by atoms with Gasteiger partial charge in [0, 0.05) is 16.8 Å². The number of hydrogen-bond donors (Lipinski definition) is 2. The van der Waals surface area contributed by atoms with E-state index in [1.54, 1.807) is 0 Å². The van der Waals surface area contributed by atoms with E-state index in [0.717, 1.165) is 29.1 Å². The molecule has 3 aromatic heterocycles. The largest absolute Gasteiger partial charge is 0.449 e. The lowest BCUT2D eigenvalue weighted by Crippen LogP contribution is -2.25. The molecule has 0 spiro atoms. The van der Waals surface area contributed by atoms with Crippen molar-refractivity contribution in [2.75, 3.05) is 0 Å². The van der Waals surface area contributed by atoms with Gasteiger partial charge >= 0.3 is 0 Å². The van der Waals surface area contributed by atoms with Gasteiger partial charge in [-0.25, -0.2) is 9.97 Å². The molecule has 158 valence electrons. The Morgan fingerprint density at radius 2 is 1.88 bits per heavy atom. The number of carbonyl (C=O) groups excluding carboxylic acids is 1. The van der Waals surface area contributed by atoms with Crippen LogP contribution in [-0.2, 0) is 5.75 Å². The highest BCUT2D eigenvalue weighted by molar-refractivity contribution is 7.98. The molecule has 5 aromatic rings. The quantitative estimate of drug-likeness (QED) is 0.391. The van der Waals surface area contributed by atoms with Crippen LogP contribution in [0, 0.1) is 0 Å². The number of nitrogens with zero attached hydrogens (tertiary/aromatic N) is 2. The maximum atomic E-state index is 12.8.